The zero-order chi connectivity index (χ0) is 12.0. The van der Waals surface area contributed by atoms with Gasteiger partial charge < -0.3 is 14.6 Å². The third-order valence-electron chi connectivity index (χ3n) is 2.39. The van der Waals surface area contributed by atoms with Crippen molar-refractivity contribution in [2.75, 3.05) is 13.7 Å². The summed E-state index contributed by atoms with van der Waals surface area (Å²) in [6.45, 7) is 4.96. The van der Waals surface area contributed by atoms with Gasteiger partial charge in [-0.15, -0.1) is 0 Å². The van der Waals surface area contributed by atoms with Gasteiger partial charge in [0.15, 0.2) is 0 Å². The lowest BCUT2D eigenvalue weighted by atomic mass is 10.1. The normalized spacial score (nSPS) is 10.6. The highest BCUT2D eigenvalue weighted by Gasteiger charge is 2.05. The molecular weight excluding hydrogens is 204 g/mol. The fourth-order valence-electron chi connectivity index (χ4n) is 1.35. The van der Waals surface area contributed by atoms with Gasteiger partial charge in [0.1, 0.15) is 11.5 Å². The van der Waals surface area contributed by atoms with Crippen molar-refractivity contribution in [3.8, 4) is 11.5 Å². The van der Waals surface area contributed by atoms with Gasteiger partial charge in [0.25, 0.3) is 0 Å². The van der Waals surface area contributed by atoms with Crippen LogP contribution in [0.5, 0.6) is 11.5 Å². The number of aliphatic hydroxyl groups excluding tert-OH is 1. The standard InChI is InChI=1S/C13H20O3/c1-10(2)6-7-16-13-5-4-12(15-3)8-11(13)9-14/h4-5,8,10,14H,6-7,9H2,1-3H3. The summed E-state index contributed by atoms with van der Waals surface area (Å²) < 4.78 is 10.7. The summed E-state index contributed by atoms with van der Waals surface area (Å²) in [6, 6.07) is 5.47. The molecule has 0 heterocycles. The minimum Gasteiger partial charge on any atom is -0.497 e. The zero-order valence-corrected chi connectivity index (χ0v) is 10.2. The molecule has 1 aromatic rings. The molecule has 3 heteroatoms. The van der Waals surface area contributed by atoms with E-state index in [1.54, 1.807) is 13.2 Å². The van der Waals surface area contributed by atoms with E-state index in [4.69, 9.17) is 9.47 Å². The smallest absolute Gasteiger partial charge is 0.125 e. The third-order valence-corrected chi connectivity index (χ3v) is 2.39. The van der Waals surface area contributed by atoms with Gasteiger partial charge in [0.05, 0.1) is 20.3 Å². The third kappa shape index (κ3) is 3.74. The molecule has 0 aliphatic rings. The van der Waals surface area contributed by atoms with Gasteiger partial charge in [-0.2, -0.15) is 0 Å². The van der Waals surface area contributed by atoms with E-state index in [0.29, 0.717) is 12.5 Å². The number of hydrogen-bond donors (Lipinski definition) is 1. The molecule has 0 spiro atoms. The largest absolute Gasteiger partial charge is 0.497 e. The van der Waals surface area contributed by atoms with Crippen molar-refractivity contribution in [2.45, 2.75) is 26.9 Å². The Morgan fingerprint density at radius 3 is 2.62 bits per heavy atom. The second kappa shape index (κ2) is 6.38. The minimum atomic E-state index is -0.0335. The molecule has 1 rings (SSSR count). The van der Waals surface area contributed by atoms with E-state index in [2.05, 4.69) is 13.8 Å². The number of aliphatic hydroxyl groups is 1. The van der Waals surface area contributed by atoms with Gasteiger partial charge in [0.2, 0.25) is 0 Å². The summed E-state index contributed by atoms with van der Waals surface area (Å²) in [6.07, 6.45) is 1.01. The lowest BCUT2D eigenvalue weighted by Gasteiger charge is -2.12. The first-order chi connectivity index (χ1) is 7.67. The molecule has 0 atom stereocenters. The number of hydrogen-bond acceptors (Lipinski definition) is 3. The number of ether oxygens (including phenoxy) is 2. The number of rotatable bonds is 6. The molecule has 1 aromatic carbocycles. The monoisotopic (exact) mass is 224 g/mol. The van der Waals surface area contributed by atoms with Gasteiger partial charge in [-0.25, -0.2) is 0 Å². The van der Waals surface area contributed by atoms with Crippen LogP contribution in [-0.2, 0) is 6.61 Å². The maximum Gasteiger partial charge on any atom is 0.125 e. The first-order valence-corrected chi connectivity index (χ1v) is 5.58. The predicted molar refractivity (Wildman–Crippen MR) is 63.9 cm³/mol. The van der Waals surface area contributed by atoms with Crippen molar-refractivity contribution in [2.24, 2.45) is 5.92 Å². The molecule has 0 aliphatic carbocycles. The van der Waals surface area contributed by atoms with Gasteiger partial charge in [-0.05, 0) is 30.5 Å². The second-order valence-corrected chi connectivity index (χ2v) is 4.16. The van der Waals surface area contributed by atoms with Gasteiger partial charge in [-0.1, -0.05) is 13.8 Å². The van der Waals surface area contributed by atoms with Crippen LogP contribution >= 0.6 is 0 Å². The molecule has 0 unspecified atom stereocenters. The van der Waals surface area contributed by atoms with Crippen LogP contribution in [0.1, 0.15) is 25.8 Å². The van der Waals surface area contributed by atoms with Crippen LogP contribution in [0.15, 0.2) is 18.2 Å². The van der Waals surface area contributed by atoms with Crippen molar-refractivity contribution >= 4 is 0 Å². The van der Waals surface area contributed by atoms with Crippen LogP contribution in [0.3, 0.4) is 0 Å². The van der Waals surface area contributed by atoms with Crippen LogP contribution < -0.4 is 9.47 Å². The number of methoxy groups -OCH3 is 1. The summed E-state index contributed by atoms with van der Waals surface area (Å²) in [4.78, 5) is 0. The van der Waals surface area contributed by atoms with Crippen LogP contribution in [0, 0.1) is 5.92 Å². The predicted octanol–water partition coefficient (Wildman–Crippen LogP) is 2.61. The van der Waals surface area contributed by atoms with E-state index in [9.17, 15) is 5.11 Å². The summed E-state index contributed by atoms with van der Waals surface area (Å²) in [5, 5.41) is 9.21. The molecule has 0 amide bonds. The average molecular weight is 224 g/mol. The quantitative estimate of drug-likeness (QED) is 0.807. The Bertz CT molecular complexity index is 321. The van der Waals surface area contributed by atoms with E-state index in [-0.39, 0.29) is 6.61 Å². The Hall–Kier alpha value is -1.22. The van der Waals surface area contributed by atoms with Gasteiger partial charge in [-0.3, -0.25) is 0 Å². The fraction of sp³-hybridized carbons (Fsp3) is 0.538. The highest BCUT2D eigenvalue weighted by Crippen LogP contribution is 2.24. The molecule has 1 N–H and O–H groups in total. The van der Waals surface area contributed by atoms with Crippen LogP contribution in [0.25, 0.3) is 0 Å². The molecule has 0 aliphatic heterocycles. The summed E-state index contributed by atoms with van der Waals surface area (Å²) in [5.74, 6) is 2.10. The Morgan fingerprint density at radius 2 is 2.06 bits per heavy atom. The molecule has 0 saturated heterocycles. The first-order valence-electron chi connectivity index (χ1n) is 5.58. The minimum absolute atomic E-state index is 0.0335. The fourth-order valence-corrected chi connectivity index (χ4v) is 1.35. The molecule has 90 valence electrons. The maximum atomic E-state index is 9.21. The second-order valence-electron chi connectivity index (χ2n) is 4.16. The number of benzene rings is 1. The van der Waals surface area contributed by atoms with Gasteiger partial charge >= 0.3 is 0 Å². The van der Waals surface area contributed by atoms with Crippen LogP contribution in [0.2, 0.25) is 0 Å². The highest BCUT2D eigenvalue weighted by molar-refractivity contribution is 5.39. The van der Waals surface area contributed by atoms with Gasteiger partial charge in [0, 0.05) is 5.56 Å². The Balaban J connectivity index is 2.64. The van der Waals surface area contributed by atoms with Crippen molar-refractivity contribution < 1.29 is 14.6 Å². The van der Waals surface area contributed by atoms with E-state index >= 15 is 0 Å². The summed E-state index contributed by atoms with van der Waals surface area (Å²) in [5.41, 5.74) is 0.767. The highest BCUT2D eigenvalue weighted by atomic mass is 16.5. The Morgan fingerprint density at radius 1 is 1.31 bits per heavy atom. The Kier molecular flexibility index (Phi) is 5.12. The van der Waals surface area contributed by atoms with Crippen molar-refractivity contribution in [1.29, 1.82) is 0 Å². The zero-order valence-electron chi connectivity index (χ0n) is 10.2. The van der Waals surface area contributed by atoms with Crippen molar-refractivity contribution in [3.63, 3.8) is 0 Å². The lowest BCUT2D eigenvalue weighted by molar-refractivity contribution is 0.254. The molecule has 0 saturated carbocycles. The van der Waals surface area contributed by atoms with Crippen LogP contribution in [0.4, 0.5) is 0 Å². The lowest BCUT2D eigenvalue weighted by Crippen LogP contribution is -2.03. The topological polar surface area (TPSA) is 38.7 Å². The van der Waals surface area contributed by atoms with E-state index in [1.165, 1.54) is 0 Å². The summed E-state index contributed by atoms with van der Waals surface area (Å²) >= 11 is 0. The average Bonchev–Trinajstić information content (AvgIpc) is 2.29. The summed E-state index contributed by atoms with van der Waals surface area (Å²) in [7, 11) is 1.61. The van der Waals surface area contributed by atoms with Crippen molar-refractivity contribution in [1.82, 2.24) is 0 Å². The molecule has 0 radical (unpaired) electrons. The maximum absolute atomic E-state index is 9.21. The molecule has 0 aromatic heterocycles. The van der Waals surface area contributed by atoms with Crippen LogP contribution in [-0.4, -0.2) is 18.8 Å². The van der Waals surface area contributed by atoms with E-state index in [1.807, 2.05) is 12.1 Å². The van der Waals surface area contributed by atoms with Crippen molar-refractivity contribution in [3.05, 3.63) is 23.8 Å². The molecule has 3 nitrogen and oxygen atoms in total. The first kappa shape index (κ1) is 12.8. The molecular formula is C13H20O3. The SMILES string of the molecule is COc1ccc(OCCC(C)C)c(CO)c1. The molecule has 0 bridgehead atoms. The molecule has 16 heavy (non-hydrogen) atoms. The van der Waals surface area contributed by atoms with E-state index in [0.717, 1.165) is 23.5 Å². The van der Waals surface area contributed by atoms with E-state index < -0.39 is 0 Å². The Labute approximate surface area is 97.0 Å². The molecule has 0 fully saturated rings.